The van der Waals surface area contributed by atoms with E-state index < -0.39 is 0 Å². The molecular formula is C21H30ClNO3. The maximum absolute atomic E-state index is 12.1. The minimum Gasteiger partial charge on any atom is -1.00 e. The van der Waals surface area contributed by atoms with Crippen LogP contribution >= 0.6 is 0 Å². The Morgan fingerprint density at radius 2 is 2.00 bits per heavy atom. The third-order valence-electron chi connectivity index (χ3n) is 5.29. The van der Waals surface area contributed by atoms with Crippen LogP contribution in [0.5, 0.6) is 5.75 Å². The number of allylic oxidation sites excluding steroid dienone is 1. The zero-order valence-electron chi connectivity index (χ0n) is 15.6. The molecule has 1 fully saturated rings. The SMILES string of the molecule is CC1CCC[NH+]1CCCOC(=O)c1ccc(OC2C=CCCC2)cc1.[Cl-]. The van der Waals surface area contributed by atoms with E-state index in [-0.39, 0.29) is 24.5 Å². The van der Waals surface area contributed by atoms with Crippen LogP contribution in [0.2, 0.25) is 0 Å². The molecule has 3 unspecified atom stereocenters. The van der Waals surface area contributed by atoms with Crippen molar-refractivity contribution in [1.82, 2.24) is 0 Å². The van der Waals surface area contributed by atoms with Crippen molar-refractivity contribution in [2.45, 2.75) is 57.6 Å². The summed E-state index contributed by atoms with van der Waals surface area (Å²) < 4.78 is 11.3. The molecular weight excluding hydrogens is 350 g/mol. The molecule has 0 bridgehead atoms. The molecule has 4 nitrogen and oxygen atoms in total. The fourth-order valence-corrected chi connectivity index (χ4v) is 3.73. The second kappa shape index (κ2) is 10.6. The second-order valence-corrected chi connectivity index (χ2v) is 7.23. The third-order valence-corrected chi connectivity index (χ3v) is 5.29. The van der Waals surface area contributed by atoms with Crippen molar-refractivity contribution in [1.29, 1.82) is 0 Å². The van der Waals surface area contributed by atoms with Gasteiger partial charge in [0.05, 0.1) is 31.3 Å². The molecule has 0 radical (unpaired) electrons. The summed E-state index contributed by atoms with van der Waals surface area (Å²) >= 11 is 0. The van der Waals surface area contributed by atoms with E-state index in [1.165, 1.54) is 25.8 Å². The molecule has 26 heavy (non-hydrogen) atoms. The van der Waals surface area contributed by atoms with Gasteiger partial charge in [-0.15, -0.1) is 0 Å². The van der Waals surface area contributed by atoms with Crippen molar-refractivity contribution in [2.24, 2.45) is 0 Å². The molecule has 1 aliphatic carbocycles. The Morgan fingerprint density at radius 3 is 2.65 bits per heavy atom. The van der Waals surface area contributed by atoms with Gasteiger partial charge in [0.15, 0.2) is 0 Å². The Bertz CT molecular complexity index is 587. The number of benzene rings is 1. The smallest absolute Gasteiger partial charge is 0.338 e. The summed E-state index contributed by atoms with van der Waals surface area (Å²) in [7, 11) is 0. The zero-order valence-corrected chi connectivity index (χ0v) is 16.3. The summed E-state index contributed by atoms with van der Waals surface area (Å²) in [5, 5.41) is 0. The van der Waals surface area contributed by atoms with Crippen molar-refractivity contribution in [2.75, 3.05) is 19.7 Å². The van der Waals surface area contributed by atoms with E-state index in [9.17, 15) is 4.79 Å². The molecule has 1 aliphatic heterocycles. The molecule has 2 aliphatic rings. The Kier molecular flexibility index (Phi) is 8.46. The lowest BCUT2D eigenvalue weighted by Gasteiger charge is -2.18. The van der Waals surface area contributed by atoms with Gasteiger partial charge in [-0.1, -0.05) is 6.08 Å². The standard InChI is InChI=1S/C21H29NO3.ClH/c1-17-7-5-14-22(17)15-6-16-24-21(23)18-10-12-20(13-11-18)25-19-8-3-2-4-9-19;/h3,8,10-13,17,19H,2,4-7,9,14-16H2,1H3;1H. The number of quaternary nitrogens is 1. The molecule has 144 valence electrons. The highest BCUT2D eigenvalue weighted by Crippen LogP contribution is 2.19. The molecule has 1 N–H and O–H groups in total. The number of likely N-dealkylation sites (tertiary alicyclic amines) is 1. The van der Waals surface area contributed by atoms with Crippen molar-refractivity contribution < 1.29 is 31.6 Å². The number of esters is 1. The van der Waals surface area contributed by atoms with Gasteiger partial charge in [-0.3, -0.25) is 0 Å². The Hall–Kier alpha value is -1.52. The fourth-order valence-electron chi connectivity index (χ4n) is 3.73. The number of carbonyl (C=O) groups excluding carboxylic acids is 1. The first-order valence-corrected chi connectivity index (χ1v) is 9.67. The number of halogens is 1. The summed E-state index contributed by atoms with van der Waals surface area (Å²) in [6.45, 7) is 5.16. The van der Waals surface area contributed by atoms with E-state index >= 15 is 0 Å². The highest BCUT2D eigenvalue weighted by atomic mass is 35.5. The van der Waals surface area contributed by atoms with Crippen LogP contribution < -0.4 is 22.0 Å². The quantitative estimate of drug-likeness (QED) is 0.405. The van der Waals surface area contributed by atoms with E-state index in [1.54, 1.807) is 17.0 Å². The number of rotatable bonds is 7. The molecule has 0 aromatic heterocycles. The molecule has 1 aromatic rings. The highest BCUT2D eigenvalue weighted by molar-refractivity contribution is 5.89. The van der Waals surface area contributed by atoms with Crippen LogP contribution in [-0.2, 0) is 4.74 Å². The summed E-state index contributed by atoms with van der Waals surface area (Å²) in [4.78, 5) is 13.8. The summed E-state index contributed by atoms with van der Waals surface area (Å²) in [5.41, 5.74) is 0.591. The minimum atomic E-state index is -0.242. The van der Waals surface area contributed by atoms with Crippen molar-refractivity contribution in [3.63, 3.8) is 0 Å². The lowest BCUT2D eigenvalue weighted by Crippen LogP contribution is -3.13. The first kappa shape index (κ1) is 20.8. The van der Waals surface area contributed by atoms with E-state index in [2.05, 4.69) is 19.1 Å². The molecule has 0 amide bonds. The predicted octanol–water partition coefficient (Wildman–Crippen LogP) is -0.208. The van der Waals surface area contributed by atoms with E-state index in [0.717, 1.165) is 37.6 Å². The molecule has 1 saturated heterocycles. The van der Waals surface area contributed by atoms with Gasteiger partial charge in [0, 0.05) is 19.3 Å². The molecule has 3 atom stereocenters. The molecule has 5 heteroatoms. The third kappa shape index (κ3) is 6.03. The van der Waals surface area contributed by atoms with Gasteiger partial charge in [-0.25, -0.2) is 4.79 Å². The second-order valence-electron chi connectivity index (χ2n) is 7.23. The average Bonchev–Trinajstić information content (AvgIpc) is 3.05. The fraction of sp³-hybridized carbons (Fsp3) is 0.571. The lowest BCUT2D eigenvalue weighted by molar-refractivity contribution is -0.910. The van der Waals surface area contributed by atoms with Crippen LogP contribution in [0.1, 0.15) is 55.8 Å². The predicted molar refractivity (Wildman–Crippen MR) is 98.1 cm³/mol. The number of carbonyl (C=O) groups is 1. The van der Waals surface area contributed by atoms with E-state index in [1.807, 2.05) is 12.1 Å². The van der Waals surface area contributed by atoms with Gasteiger partial charge in [-0.05, 0) is 56.5 Å². The number of ether oxygens (including phenoxy) is 2. The van der Waals surface area contributed by atoms with Crippen LogP contribution in [0, 0.1) is 0 Å². The van der Waals surface area contributed by atoms with Gasteiger partial charge < -0.3 is 26.8 Å². The number of hydrogen-bond donors (Lipinski definition) is 1. The Balaban J connectivity index is 0.00000243. The summed E-state index contributed by atoms with van der Waals surface area (Å²) in [6.07, 6.45) is 11.4. The van der Waals surface area contributed by atoms with Crippen molar-refractivity contribution >= 4 is 5.97 Å². The van der Waals surface area contributed by atoms with Crippen molar-refractivity contribution in [3.05, 3.63) is 42.0 Å². The van der Waals surface area contributed by atoms with Gasteiger partial charge in [0.25, 0.3) is 0 Å². The van der Waals surface area contributed by atoms with Gasteiger partial charge in [0.1, 0.15) is 11.9 Å². The van der Waals surface area contributed by atoms with Crippen LogP contribution in [0.25, 0.3) is 0 Å². The number of hydrogen-bond acceptors (Lipinski definition) is 3. The largest absolute Gasteiger partial charge is 1.00 e. The van der Waals surface area contributed by atoms with Gasteiger partial charge in [-0.2, -0.15) is 0 Å². The van der Waals surface area contributed by atoms with Crippen LogP contribution in [-0.4, -0.2) is 37.8 Å². The van der Waals surface area contributed by atoms with E-state index in [0.29, 0.717) is 12.2 Å². The molecule has 1 aromatic carbocycles. The lowest BCUT2D eigenvalue weighted by atomic mass is 10.1. The molecule has 0 spiro atoms. The first-order valence-electron chi connectivity index (χ1n) is 9.67. The van der Waals surface area contributed by atoms with Crippen LogP contribution in [0.3, 0.4) is 0 Å². The zero-order chi connectivity index (χ0) is 17.5. The van der Waals surface area contributed by atoms with Crippen molar-refractivity contribution in [3.8, 4) is 5.75 Å². The molecule has 3 rings (SSSR count). The maximum Gasteiger partial charge on any atom is 0.338 e. The van der Waals surface area contributed by atoms with E-state index in [4.69, 9.17) is 9.47 Å². The monoisotopic (exact) mass is 379 g/mol. The normalized spacial score (nSPS) is 24.7. The summed E-state index contributed by atoms with van der Waals surface area (Å²) in [5.74, 6) is 0.563. The molecule has 0 saturated carbocycles. The van der Waals surface area contributed by atoms with Gasteiger partial charge in [0.2, 0.25) is 0 Å². The average molecular weight is 380 g/mol. The number of nitrogens with one attached hydrogen (secondary N) is 1. The highest BCUT2D eigenvalue weighted by Gasteiger charge is 2.23. The summed E-state index contributed by atoms with van der Waals surface area (Å²) in [6, 6.07) is 8.04. The first-order chi connectivity index (χ1) is 12.2. The van der Waals surface area contributed by atoms with Crippen LogP contribution in [0.15, 0.2) is 36.4 Å². The Morgan fingerprint density at radius 1 is 1.19 bits per heavy atom. The van der Waals surface area contributed by atoms with Gasteiger partial charge >= 0.3 is 5.97 Å². The maximum atomic E-state index is 12.1. The minimum absolute atomic E-state index is 0. The topological polar surface area (TPSA) is 40.0 Å². The molecule has 1 heterocycles. The van der Waals surface area contributed by atoms with Crippen LogP contribution in [0.4, 0.5) is 0 Å². The Labute approximate surface area is 163 Å².